The SMILES string of the molecule is C=Cc1c(-c2ccc3ccccc3c2)ccnc1C(=O)O. The molecule has 3 heteroatoms. The second kappa shape index (κ2) is 5.21. The Morgan fingerprint density at radius 3 is 2.57 bits per heavy atom. The van der Waals surface area contributed by atoms with Crippen LogP contribution in [0, 0.1) is 0 Å². The summed E-state index contributed by atoms with van der Waals surface area (Å²) in [7, 11) is 0. The van der Waals surface area contributed by atoms with Crippen molar-refractivity contribution < 1.29 is 9.90 Å². The van der Waals surface area contributed by atoms with E-state index in [1.54, 1.807) is 6.08 Å². The molecular weight excluding hydrogens is 262 g/mol. The molecule has 1 heterocycles. The lowest BCUT2D eigenvalue weighted by Crippen LogP contribution is -2.04. The van der Waals surface area contributed by atoms with Crippen molar-refractivity contribution in [2.45, 2.75) is 0 Å². The summed E-state index contributed by atoms with van der Waals surface area (Å²) in [5.41, 5.74) is 2.34. The van der Waals surface area contributed by atoms with Crippen LogP contribution in [-0.2, 0) is 0 Å². The highest BCUT2D eigenvalue weighted by Gasteiger charge is 2.14. The molecule has 2 aromatic carbocycles. The minimum atomic E-state index is -1.05. The number of hydrogen-bond acceptors (Lipinski definition) is 2. The molecule has 3 rings (SSSR count). The van der Waals surface area contributed by atoms with Gasteiger partial charge in [-0.05, 0) is 34.0 Å². The highest BCUT2D eigenvalue weighted by Crippen LogP contribution is 2.29. The van der Waals surface area contributed by atoms with Gasteiger partial charge in [0.1, 0.15) is 0 Å². The van der Waals surface area contributed by atoms with E-state index in [1.165, 1.54) is 6.20 Å². The van der Waals surface area contributed by atoms with Crippen molar-refractivity contribution in [1.82, 2.24) is 4.98 Å². The van der Waals surface area contributed by atoms with Gasteiger partial charge in [0, 0.05) is 11.8 Å². The lowest BCUT2D eigenvalue weighted by Gasteiger charge is -2.09. The number of aromatic carboxylic acids is 1. The van der Waals surface area contributed by atoms with Crippen molar-refractivity contribution in [1.29, 1.82) is 0 Å². The molecule has 0 saturated heterocycles. The zero-order valence-electron chi connectivity index (χ0n) is 11.3. The van der Waals surface area contributed by atoms with Crippen molar-refractivity contribution in [3.05, 3.63) is 72.6 Å². The number of carboxylic acid groups (broad SMARTS) is 1. The fourth-order valence-electron chi connectivity index (χ4n) is 2.46. The van der Waals surface area contributed by atoms with Gasteiger partial charge in [0.15, 0.2) is 5.69 Å². The first-order valence-electron chi connectivity index (χ1n) is 6.54. The summed E-state index contributed by atoms with van der Waals surface area (Å²) >= 11 is 0. The van der Waals surface area contributed by atoms with Crippen molar-refractivity contribution in [2.24, 2.45) is 0 Å². The van der Waals surface area contributed by atoms with Crippen LogP contribution in [0.4, 0.5) is 0 Å². The van der Waals surface area contributed by atoms with Crippen LogP contribution in [0.1, 0.15) is 16.1 Å². The molecule has 0 radical (unpaired) electrons. The van der Waals surface area contributed by atoms with Crippen LogP contribution in [0.5, 0.6) is 0 Å². The summed E-state index contributed by atoms with van der Waals surface area (Å²) in [6.07, 6.45) is 3.06. The molecule has 0 aliphatic heterocycles. The lowest BCUT2D eigenvalue weighted by atomic mass is 9.96. The number of rotatable bonds is 3. The molecule has 1 N–H and O–H groups in total. The van der Waals surface area contributed by atoms with E-state index in [1.807, 2.05) is 48.5 Å². The Balaban J connectivity index is 2.25. The van der Waals surface area contributed by atoms with Gasteiger partial charge >= 0.3 is 5.97 Å². The number of aromatic nitrogens is 1. The molecule has 0 saturated carbocycles. The highest BCUT2D eigenvalue weighted by molar-refractivity contribution is 5.95. The zero-order valence-corrected chi connectivity index (χ0v) is 11.3. The van der Waals surface area contributed by atoms with Gasteiger partial charge in [-0.1, -0.05) is 49.1 Å². The summed E-state index contributed by atoms with van der Waals surface area (Å²) in [4.78, 5) is 15.2. The van der Waals surface area contributed by atoms with Crippen LogP contribution in [0.2, 0.25) is 0 Å². The Morgan fingerprint density at radius 1 is 1.10 bits per heavy atom. The van der Waals surface area contributed by atoms with Gasteiger partial charge in [-0.15, -0.1) is 0 Å². The molecule has 0 aliphatic rings. The van der Waals surface area contributed by atoms with E-state index in [2.05, 4.69) is 11.6 Å². The van der Waals surface area contributed by atoms with Crippen molar-refractivity contribution in [3.63, 3.8) is 0 Å². The van der Waals surface area contributed by atoms with Gasteiger partial charge in [0.05, 0.1) is 0 Å². The molecule has 1 aromatic heterocycles. The normalized spacial score (nSPS) is 10.5. The number of hydrogen-bond donors (Lipinski definition) is 1. The van der Waals surface area contributed by atoms with Gasteiger partial charge in [-0.2, -0.15) is 0 Å². The van der Waals surface area contributed by atoms with Gasteiger partial charge in [-0.3, -0.25) is 0 Å². The third-order valence-corrected chi connectivity index (χ3v) is 3.46. The number of fused-ring (bicyclic) bond motifs is 1. The van der Waals surface area contributed by atoms with E-state index in [9.17, 15) is 9.90 Å². The molecule has 0 amide bonds. The Bertz CT molecular complexity index is 853. The van der Waals surface area contributed by atoms with Crippen molar-refractivity contribution in [3.8, 4) is 11.1 Å². The number of nitrogens with zero attached hydrogens (tertiary/aromatic N) is 1. The Kier molecular flexibility index (Phi) is 3.24. The molecular formula is C18H13NO2. The molecule has 21 heavy (non-hydrogen) atoms. The first kappa shape index (κ1) is 13.1. The smallest absolute Gasteiger partial charge is 0.355 e. The molecule has 102 valence electrons. The molecule has 0 bridgehead atoms. The zero-order chi connectivity index (χ0) is 14.8. The average Bonchev–Trinajstić information content (AvgIpc) is 2.53. The third-order valence-electron chi connectivity index (χ3n) is 3.46. The molecule has 0 unspecified atom stereocenters. The molecule has 0 aliphatic carbocycles. The molecule has 0 spiro atoms. The summed E-state index contributed by atoms with van der Waals surface area (Å²) < 4.78 is 0. The van der Waals surface area contributed by atoms with Gasteiger partial charge in [0.25, 0.3) is 0 Å². The number of carboxylic acids is 1. The first-order chi connectivity index (χ1) is 10.2. The second-order valence-corrected chi connectivity index (χ2v) is 4.69. The van der Waals surface area contributed by atoms with E-state index in [-0.39, 0.29) is 5.69 Å². The quantitative estimate of drug-likeness (QED) is 0.777. The third kappa shape index (κ3) is 2.30. The van der Waals surface area contributed by atoms with Crippen LogP contribution in [0.15, 0.2) is 61.3 Å². The maximum absolute atomic E-state index is 11.3. The Hall–Kier alpha value is -2.94. The molecule has 3 aromatic rings. The summed E-state index contributed by atoms with van der Waals surface area (Å²) in [6, 6.07) is 15.9. The van der Waals surface area contributed by atoms with E-state index < -0.39 is 5.97 Å². The van der Waals surface area contributed by atoms with E-state index in [0.717, 1.165) is 21.9 Å². The number of pyridine rings is 1. The summed E-state index contributed by atoms with van der Waals surface area (Å²) in [5.74, 6) is -1.05. The number of benzene rings is 2. The Morgan fingerprint density at radius 2 is 1.86 bits per heavy atom. The first-order valence-corrected chi connectivity index (χ1v) is 6.54. The fourth-order valence-corrected chi connectivity index (χ4v) is 2.46. The van der Waals surface area contributed by atoms with Crippen molar-refractivity contribution in [2.75, 3.05) is 0 Å². The topological polar surface area (TPSA) is 50.2 Å². The molecule has 3 nitrogen and oxygen atoms in total. The van der Waals surface area contributed by atoms with Crippen LogP contribution in [-0.4, -0.2) is 16.1 Å². The largest absolute Gasteiger partial charge is 0.476 e. The minimum absolute atomic E-state index is 0.0238. The Labute approximate surface area is 122 Å². The van der Waals surface area contributed by atoms with E-state index >= 15 is 0 Å². The standard InChI is InChI=1S/C18H13NO2/c1-2-15-16(9-10-19-17(15)18(20)21)14-8-7-12-5-3-4-6-13(12)11-14/h2-11H,1H2,(H,20,21). The highest BCUT2D eigenvalue weighted by atomic mass is 16.4. The van der Waals surface area contributed by atoms with Gasteiger partial charge in [0.2, 0.25) is 0 Å². The van der Waals surface area contributed by atoms with Crippen molar-refractivity contribution >= 4 is 22.8 Å². The summed E-state index contributed by atoms with van der Waals surface area (Å²) in [5, 5.41) is 11.5. The predicted octanol–water partition coefficient (Wildman–Crippen LogP) is 4.24. The lowest BCUT2D eigenvalue weighted by molar-refractivity contribution is 0.0690. The van der Waals surface area contributed by atoms with Crippen LogP contribution in [0.25, 0.3) is 28.0 Å². The van der Waals surface area contributed by atoms with Crippen LogP contribution in [0.3, 0.4) is 0 Å². The van der Waals surface area contributed by atoms with Gasteiger partial charge in [-0.25, -0.2) is 9.78 Å². The average molecular weight is 275 g/mol. The minimum Gasteiger partial charge on any atom is -0.476 e. The van der Waals surface area contributed by atoms with Gasteiger partial charge < -0.3 is 5.11 Å². The maximum Gasteiger partial charge on any atom is 0.355 e. The second-order valence-electron chi connectivity index (χ2n) is 4.69. The fraction of sp³-hybridized carbons (Fsp3) is 0. The maximum atomic E-state index is 11.3. The van der Waals surface area contributed by atoms with Crippen LogP contribution < -0.4 is 0 Å². The van der Waals surface area contributed by atoms with Crippen LogP contribution >= 0.6 is 0 Å². The van der Waals surface area contributed by atoms with E-state index in [4.69, 9.17) is 0 Å². The number of carbonyl (C=O) groups is 1. The predicted molar refractivity (Wildman–Crippen MR) is 84.2 cm³/mol. The summed E-state index contributed by atoms with van der Waals surface area (Å²) in [6.45, 7) is 3.72. The molecule has 0 fully saturated rings. The van der Waals surface area contributed by atoms with E-state index in [0.29, 0.717) is 5.56 Å². The monoisotopic (exact) mass is 275 g/mol. The molecule has 0 atom stereocenters.